The summed E-state index contributed by atoms with van der Waals surface area (Å²) in [5.41, 5.74) is 5.72. The molecule has 31 heavy (non-hydrogen) atoms. The molecule has 9 heteroatoms. The van der Waals surface area contributed by atoms with Crippen LogP contribution in [0.25, 0.3) is 0 Å². The molecule has 0 aromatic heterocycles. The maximum Gasteiger partial charge on any atom is 0.328 e. The first-order chi connectivity index (χ1) is 14.3. The molecule has 3 aliphatic rings. The molecule has 0 spiro atoms. The molecule has 0 unspecified atom stereocenters. The molecule has 6 atom stereocenters. The topological polar surface area (TPSA) is 131 Å². The number of methoxy groups -OCH3 is 1. The lowest BCUT2D eigenvalue weighted by Crippen LogP contribution is -2.58. The second-order valence-corrected chi connectivity index (χ2v) is 10.8. The summed E-state index contributed by atoms with van der Waals surface area (Å²) in [6.07, 6.45) is 0.776. The van der Waals surface area contributed by atoms with Crippen LogP contribution in [-0.2, 0) is 23.9 Å². The van der Waals surface area contributed by atoms with E-state index in [-0.39, 0.29) is 47.3 Å². The van der Waals surface area contributed by atoms with E-state index in [1.165, 1.54) is 7.11 Å². The number of nitrogens with zero attached hydrogens (tertiary/aromatic N) is 1. The van der Waals surface area contributed by atoms with Crippen LogP contribution in [0.5, 0.6) is 0 Å². The molecule has 0 bridgehead atoms. The first-order valence-electron chi connectivity index (χ1n) is 11.0. The monoisotopic (exact) mass is 436 g/mol. The van der Waals surface area contributed by atoms with Crippen LogP contribution in [0.1, 0.15) is 47.5 Å². The number of carbonyl (C=O) groups is 4. The Morgan fingerprint density at radius 3 is 2.48 bits per heavy atom. The Labute approximate surface area is 183 Å². The standard InChI is InChI=1S/C22H36N4O5/c1-21(2,3)16(23)19(29)26-10-12-14(22(12,4)5)15(26)18(28)25-13(20(30)31-6)9-11-7-8-24-17(11)27/h11-16H,7-10,23H2,1-6H3,(H,24,27)(H,25,28)/t11-,12-,13-,14-,15-,16+/m0/s1. The van der Waals surface area contributed by atoms with Crippen molar-refractivity contribution >= 4 is 23.7 Å². The van der Waals surface area contributed by atoms with Gasteiger partial charge in [-0.05, 0) is 35.5 Å². The third kappa shape index (κ3) is 4.29. The van der Waals surface area contributed by atoms with Crippen molar-refractivity contribution in [2.75, 3.05) is 20.2 Å². The molecule has 3 fully saturated rings. The number of nitrogens with one attached hydrogen (secondary N) is 2. The van der Waals surface area contributed by atoms with Crippen LogP contribution in [0.4, 0.5) is 0 Å². The summed E-state index contributed by atoms with van der Waals surface area (Å²) in [7, 11) is 1.25. The summed E-state index contributed by atoms with van der Waals surface area (Å²) in [6.45, 7) is 10.9. The van der Waals surface area contributed by atoms with Gasteiger partial charge < -0.3 is 26.0 Å². The van der Waals surface area contributed by atoms with Gasteiger partial charge in [0.1, 0.15) is 12.1 Å². The Morgan fingerprint density at radius 1 is 1.32 bits per heavy atom. The Bertz CT molecular complexity index is 774. The maximum absolute atomic E-state index is 13.4. The number of rotatable bonds is 6. The predicted octanol–water partition coefficient (Wildman–Crippen LogP) is 0.0268. The third-order valence-electron chi connectivity index (χ3n) is 7.44. The van der Waals surface area contributed by atoms with E-state index in [0.717, 1.165) is 0 Å². The van der Waals surface area contributed by atoms with Crippen LogP contribution in [-0.4, -0.2) is 66.9 Å². The molecule has 1 saturated carbocycles. The van der Waals surface area contributed by atoms with Gasteiger partial charge in [0.25, 0.3) is 0 Å². The van der Waals surface area contributed by atoms with Gasteiger partial charge in [0, 0.05) is 19.0 Å². The van der Waals surface area contributed by atoms with Crippen molar-refractivity contribution < 1.29 is 23.9 Å². The van der Waals surface area contributed by atoms with Crippen molar-refractivity contribution in [3.8, 4) is 0 Å². The highest BCUT2D eigenvalue weighted by atomic mass is 16.5. The third-order valence-corrected chi connectivity index (χ3v) is 7.44. The molecule has 4 N–H and O–H groups in total. The zero-order valence-corrected chi connectivity index (χ0v) is 19.4. The van der Waals surface area contributed by atoms with E-state index in [2.05, 4.69) is 24.5 Å². The van der Waals surface area contributed by atoms with Gasteiger partial charge in [-0.2, -0.15) is 0 Å². The van der Waals surface area contributed by atoms with Crippen LogP contribution in [0.3, 0.4) is 0 Å². The summed E-state index contributed by atoms with van der Waals surface area (Å²) in [6, 6.07) is -2.37. The number of carbonyl (C=O) groups excluding carboxylic acids is 4. The van der Waals surface area contributed by atoms with Crippen molar-refractivity contribution in [3.05, 3.63) is 0 Å². The molecule has 2 heterocycles. The lowest BCUT2D eigenvalue weighted by molar-refractivity contribution is -0.148. The van der Waals surface area contributed by atoms with Gasteiger partial charge in [-0.25, -0.2) is 4.79 Å². The Morgan fingerprint density at radius 2 is 1.97 bits per heavy atom. The molecular weight excluding hydrogens is 400 g/mol. The summed E-state index contributed by atoms with van der Waals surface area (Å²) in [5.74, 6) is -1.48. The Balaban J connectivity index is 1.79. The predicted molar refractivity (Wildman–Crippen MR) is 113 cm³/mol. The minimum Gasteiger partial charge on any atom is -0.467 e. The van der Waals surface area contributed by atoms with Gasteiger partial charge >= 0.3 is 5.97 Å². The number of hydrogen-bond donors (Lipinski definition) is 3. The largest absolute Gasteiger partial charge is 0.467 e. The maximum atomic E-state index is 13.4. The van der Waals surface area contributed by atoms with Crippen molar-refractivity contribution in [1.82, 2.24) is 15.5 Å². The summed E-state index contributed by atoms with van der Waals surface area (Å²) in [4.78, 5) is 52.5. The molecule has 0 aromatic carbocycles. The van der Waals surface area contributed by atoms with Crippen molar-refractivity contribution in [1.29, 1.82) is 0 Å². The summed E-state index contributed by atoms with van der Waals surface area (Å²) >= 11 is 0. The molecule has 1 aliphatic carbocycles. The summed E-state index contributed by atoms with van der Waals surface area (Å²) < 4.78 is 4.87. The number of fused-ring (bicyclic) bond motifs is 1. The van der Waals surface area contributed by atoms with Crippen molar-refractivity contribution in [2.24, 2.45) is 34.3 Å². The molecule has 0 radical (unpaired) electrons. The van der Waals surface area contributed by atoms with Crippen LogP contribution < -0.4 is 16.4 Å². The fourth-order valence-corrected chi connectivity index (χ4v) is 5.13. The van der Waals surface area contributed by atoms with E-state index in [0.29, 0.717) is 19.5 Å². The lowest BCUT2D eigenvalue weighted by Gasteiger charge is -2.36. The van der Waals surface area contributed by atoms with Crippen LogP contribution in [0, 0.1) is 28.6 Å². The number of nitrogens with two attached hydrogens (primary N) is 1. The smallest absolute Gasteiger partial charge is 0.328 e. The second-order valence-electron chi connectivity index (χ2n) is 10.8. The van der Waals surface area contributed by atoms with Gasteiger partial charge in [0.05, 0.1) is 13.2 Å². The molecule has 0 aromatic rings. The normalized spacial score (nSPS) is 30.8. The van der Waals surface area contributed by atoms with Gasteiger partial charge in [0.2, 0.25) is 17.7 Å². The van der Waals surface area contributed by atoms with Gasteiger partial charge in [0.15, 0.2) is 0 Å². The Hall–Kier alpha value is -2.16. The average Bonchev–Trinajstić information content (AvgIpc) is 3.05. The fourth-order valence-electron chi connectivity index (χ4n) is 5.13. The first-order valence-corrected chi connectivity index (χ1v) is 11.0. The van der Waals surface area contributed by atoms with E-state index in [9.17, 15) is 19.2 Å². The van der Waals surface area contributed by atoms with Crippen molar-refractivity contribution in [2.45, 2.75) is 65.6 Å². The Kier molecular flexibility index (Phi) is 6.12. The molecular formula is C22H36N4O5. The van der Waals surface area contributed by atoms with Gasteiger partial charge in [-0.15, -0.1) is 0 Å². The van der Waals surface area contributed by atoms with E-state index in [1.807, 2.05) is 20.8 Å². The van der Waals surface area contributed by atoms with Crippen LogP contribution >= 0.6 is 0 Å². The van der Waals surface area contributed by atoms with E-state index in [4.69, 9.17) is 10.5 Å². The molecule has 174 valence electrons. The summed E-state index contributed by atoms with van der Waals surface area (Å²) in [5, 5.41) is 5.53. The van der Waals surface area contributed by atoms with Crippen LogP contribution in [0.15, 0.2) is 0 Å². The highest BCUT2D eigenvalue weighted by Gasteiger charge is 2.69. The van der Waals surface area contributed by atoms with Crippen molar-refractivity contribution in [3.63, 3.8) is 0 Å². The minimum absolute atomic E-state index is 0.0108. The number of esters is 1. The zero-order valence-electron chi connectivity index (χ0n) is 19.4. The zero-order chi connectivity index (χ0) is 23.3. The number of likely N-dealkylation sites (tertiary alicyclic amines) is 1. The molecule has 3 amide bonds. The quantitative estimate of drug-likeness (QED) is 0.504. The SMILES string of the molecule is COC(=O)[C@H](C[C@@H]1CCNC1=O)NC(=O)[C@@H]1[C@@H]2[C@H](CN1C(=O)[C@@H](N)C(C)(C)C)C2(C)C. The molecule has 9 nitrogen and oxygen atoms in total. The number of piperidine rings is 1. The fraction of sp³-hybridized carbons (Fsp3) is 0.818. The van der Waals surface area contributed by atoms with E-state index < -0.39 is 29.5 Å². The minimum atomic E-state index is -0.944. The second kappa shape index (κ2) is 8.07. The van der Waals surface area contributed by atoms with Gasteiger partial charge in [-0.1, -0.05) is 34.6 Å². The highest BCUT2D eigenvalue weighted by Crippen LogP contribution is 2.65. The molecule has 2 saturated heterocycles. The lowest BCUT2D eigenvalue weighted by atomic mass is 9.86. The number of hydrogen-bond acceptors (Lipinski definition) is 6. The molecule has 2 aliphatic heterocycles. The molecule has 3 rings (SSSR count). The van der Waals surface area contributed by atoms with Gasteiger partial charge in [-0.3, -0.25) is 14.4 Å². The van der Waals surface area contributed by atoms with E-state index >= 15 is 0 Å². The highest BCUT2D eigenvalue weighted by molar-refractivity contribution is 5.94. The number of amides is 3. The van der Waals surface area contributed by atoms with Crippen LogP contribution in [0.2, 0.25) is 0 Å². The van der Waals surface area contributed by atoms with E-state index in [1.54, 1.807) is 4.90 Å². The average molecular weight is 437 g/mol. The number of ether oxygens (including phenoxy) is 1. The first kappa shape index (κ1) is 23.5.